The number of aliphatic imine (C=N–C) groups is 1. The number of carbonyl (C=O) groups excluding carboxylic acids is 5. The van der Waals surface area contributed by atoms with Crippen molar-refractivity contribution in [2.75, 3.05) is 19.6 Å². The van der Waals surface area contributed by atoms with E-state index in [1.807, 2.05) is 0 Å². The Morgan fingerprint density at radius 3 is 2.09 bits per heavy atom. The molecule has 0 radical (unpaired) electrons. The zero-order valence-electron chi connectivity index (χ0n) is 29.3. The first-order valence-electron chi connectivity index (χ1n) is 16.8. The molecule has 21 heteroatoms. The Morgan fingerprint density at radius 2 is 1.44 bits per heavy atom. The van der Waals surface area contributed by atoms with E-state index in [1.165, 1.54) is 6.20 Å². The second-order valence-electron chi connectivity index (χ2n) is 11.8. The van der Waals surface area contributed by atoms with Gasteiger partial charge >= 0.3 is 18.0 Å². The van der Waals surface area contributed by atoms with Gasteiger partial charge in [0.05, 0.1) is 19.0 Å². The number of hydrogen-bond donors (Lipinski definition) is 10. The quantitative estimate of drug-likeness (QED) is 0.0276. The lowest BCUT2D eigenvalue weighted by Gasteiger charge is -2.22. The maximum atomic E-state index is 13.2. The molecule has 0 unspecified atom stereocenters. The number of carboxylic acids is 2. The van der Waals surface area contributed by atoms with Gasteiger partial charge in [0, 0.05) is 19.3 Å². The summed E-state index contributed by atoms with van der Waals surface area (Å²) in [6, 6.07) is 7.64. The minimum absolute atomic E-state index is 0.0250. The molecule has 1 aromatic carbocycles. The van der Waals surface area contributed by atoms with Gasteiger partial charge in [-0.3, -0.25) is 29.0 Å². The van der Waals surface area contributed by atoms with Gasteiger partial charge in [-0.05, 0) is 56.2 Å². The number of rotatable bonds is 23. The molecule has 292 valence electrons. The van der Waals surface area contributed by atoms with Crippen LogP contribution in [0.15, 0.2) is 69.9 Å². The third-order valence-electron chi connectivity index (χ3n) is 7.37. The van der Waals surface area contributed by atoms with Crippen molar-refractivity contribution in [1.82, 2.24) is 31.6 Å². The van der Waals surface area contributed by atoms with Gasteiger partial charge in [-0.15, -0.1) is 5.11 Å². The van der Waals surface area contributed by atoms with Gasteiger partial charge in [0.25, 0.3) is 0 Å². The number of nitrogens with zero attached hydrogens (tertiary/aromatic N) is 4. The monoisotopic (exact) mass is 754 g/mol. The highest BCUT2D eigenvalue weighted by atomic mass is 16.4. The minimum Gasteiger partial charge on any atom is -0.481 e. The fourth-order valence-corrected chi connectivity index (χ4v) is 4.68. The van der Waals surface area contributed by atoms with Crippen LogP contribution < -0.4 is 43.8 Å². The number of aliphatic carboxylic acids is 2. The minimum atomic E-state index is -1.58. The third kappa shape index (κ3) is 18.1. The van der Waals surface area contributed by atoms with Gasteiger partial charge in [-0.1, -0.05) is 41.5 Å². The first-order chi connectivity index (χ1) is 25.7. The maximum Gasteiger partial charge on any atom is 0.359 e. The summed E-state index contributed by atoms with van der Waals surface area (Å²) in [6.45, 7) is -0.502. The number of aromatic nitrogens is 1. The zero-order valence-corrected chi connectivity index (χ0v) is 29.3. The molecule has 0 aliphatic heterocycles. The largest absolute Gasteiger partial charge is 0.481 e. The first kappa shape index (κ1) is 43.7. The van der Waals surface area contributed by atoms with Crippen LogP contribution >= 0.6 is 0 Å². The normalized spacial score (nSPS) is 13.0. The number of benzene rings is 1. The average Bonchev–Trinajstić information content (AvgIpc) is 3.13. The number of urea groups is 1. The van der Waals surface area contributed by atoms with Crippen molar-refractivity contribution in [3.05, 3.63) is 60.3 Å². The van der Waals surface area contributed by atoms with Crippen LogP contribution in [0.2, 0.25) is 0 Å². The summed E-state index contributed by atoms with van der Waals surface area (Å²) < 4.78 is 0. The van der Waals surface area contributed by atoms with Crippen molar-refractivity contribution >= 4 is 53.4 Å². The second-order valence-corrected chi connectivity index (χ2v) is 11.8. The number of pyridine rings is 1. The molecule has 2 aromatic rings. The lowest BCUT2D eigenvalue weighted by atomic mass is 10.1. The van der Waals surface area contributed by atoms with E-state index < -0.39 is 78.7 Å². The lowest BCUT2D eigenvalue weighted by molar-refractivity contribution is -0.142. The molecule has 1 aromatic heterocycles. The van der Waals surface area contributed by atoms with Crippen molar-refractivity contribution in [3.63, 3.8) is 0 Å². The van der Waals surface area contributed by atoms with Crippen molar-refractivity contribution in [2.24, 2.45) is 32.4 Å². The van der Waals surface area contributed by atoms with E-state index in [-0.39, 0.29) is 57.0 Å². The molecule has 1 heterocycles. The molecule has 54 heavy (non-hydrogen) atoms. The highest BCUT2D eigenvalue weighted by Crippen LogP contribution is 2.07. The van der Waals surface area contributed by atoms with E-state index in [0.29, 0.717) is 6.42 Å². The van der Waals surface area contributed by atoms with Gasteiger partial charge in [0.15, 0.2) is 11.8 Å². The number of nitrogens with two attached hydrogens (primary N) is 3. The van der Waals surface area contributed by atoms with Crippen LogP contribution in [-0.4, -0.2) is 107 Å². The molecular weight excluding hydrogens is 708 g/mol. The molecule has 0 bridgehead atoms. The summed E-state index contributed by atoms with van der Waals surface area (Å²) >= 11 is 0. The molecule has 4 atom stereocenters. The summed E-state index contributed by atoms with van der Waals surface area (Å²) in [6.07, 6.45) is 1.53. The molecule has 0 saturated heterocycles. The number of unbranched alkanes of at least 4 members (excludes halogenated alkanes) is 1. The summed E-state index contributed by atoms with van der Waals surface area (Å²) in [5, 5.41) is 38.1. The van der Waals surface area contributed by atoms with Crippen molar-refractivity contribution in [3.8, 4) is 0 Å². The Bertz CT molecular complexity index is 1620. The zero-order chi connectivity index (χ0) is 39.9. The van der Waals surface area contributed by atoms with E-state index in [9.17, 15) is 43.8 Å². The number of guanidine groups is 1. The number of amides is 6. The molecular formula is C33H46N12O9. The topological polar surface area (TPSA) is 348 Å². The summed E-state index contributed by atoms with van der Waals surface area (Å²) in [5.74, 6) is -6.23. The summed E-state index contributed by atoms with van der Waals surface area (Å²) in [7, 11) is 0. The van der Waals surface area contributed by atoms with Crippen LogP contribution in [0.5, 0.6) is 0 Å². The average molecular weight is 755 g/mol. The Morgan fingerprint density at radius 1 is 0.759 bits per heavy atom. The predicted octanol–water partition coefficient (Wildman–Crippen LogP) is -1.20. The molecule has 0 fully saturated rings. The molecule has 0 saturated carbocycles. The van der Waals surface area contributed by atoms with Crippen molar-refractivity contribution in [2.45, 2.75) is 69.1 Å². The molecule has 0 spiro atoms. The molecule has 0 aliphatic rings. The Kier molecular flexibility index (Phi) is 19.3. The van der Waals surface area contributed by atoms with E-state index in [4.69, 9.17) is 17.2 Å². The fourth-order valence-electron chi connectivity index (χ4n) is 4.68. The Balaban J connectivity index is 1.95. The fraction of sp³-hybridized carbons (Fsp3) is 0.424. The second kappa shape index (κ2) is 23.9. The SMILES string of the molecule is NC(N)=NCCC[C@H](NC(=O)CNC(=O)[C@H](CC(=O)O)NC(=O)[C@H](N)Cc1ccccc1)C(=O)N[C@@H](CCCCNC(=O)/N=N/c1ccccn1)C(=O)O. The van der Waals surface area contributed by atoms with Gasteiger partial charge < -0.3 is 54.0 Å². The molecule has 21 nitrogen and oxygen atoms in total. The number of carbonyl (C=O) groups is 7. The van der Waals surface area contributed by atoms with Crippen LogP contribution in [0.4, 0.5) is 10.6 Å². The molecule has 2 rings (SSSR count). The summed E-state index contributed by atoms with van der Waals surface area (Å²) in [5.41, 5.74) is 17.4. The number of nitrogens with one attached hydrogen (secondary N) is 5. The van der Waals surface area contributed by atoms with Crippen molar-refractivity contribution < 1.29 is 43.8 Å². The Hall–Kier alpha value is -6.51. The van der Waals surface area contributed by atoms with E-state index >= 15 is 0 Å². The molecule has 0 aliphatic carbocycles. The molecule has 6 amide bonds. The smallest absolute Gasteiger partial charge is 0.359 e. The van der Waals surface area contributed by atoms with Crippen LogP contribution in [0.3, 0.4) is 0 Å². The standard InChI is InChI=1S/C33H46N12O9/c34-21(17-20-9-2-1-3-10-20)28(49)43-24(18-27(47)48)29(50)40-19-26(46)41-22(12-8-16-38-32(35)36)30(51)42-23(31(52)53)11-4-6-15-39-33(54)45-44-25-13-5-7-14-37-25/h1-3,5,7,9-10,13-14,21-24H,4,6,8,11-12,15-19,34H2,(H,39,54)(H,40,50)(H,41,46)(H,42,51)(H,43,49)(H,47,48)(H,52,53)(H4,35,36,38)/b45-44+/t21-,22+,23+,24+/m1/s1. The number of carboxylic acid groups (broad SMARTS) is 2. The van der Waals surface area contributed by atoms with Gasteiger partial charge in [0.2, 0.25) is 23.6 Å². The van der Waals surface area contributed by atoms with Gasteiger partial charge in [-0.25, -0.2) is 14.6 Å². The Labute approximate surface area is 310 Å². The third-order valence-corrected chi connectivity index (χ3v) is 7.37. The predicted molar refractivity (Wildman–Crippen MR) is 193 cm³/mol. The van der Waals surface area contributed by atoms with Gasteiger partial charge in [0.1, 0.15) is 18.1 Å². The van der Waals surface area contributed by atoms with Crippen LogP contribution in [-0.2, 0) is 35.2 Å². The highest BCUT2D eigenvalue weighted by molar-refractivity contribution is 5.95. The summed E-state index contributed by atoms with van der Waals surface area (Å²) in [4.78, 5) is 94.6. The van der Waals surface area contributed by atoms with Crippen LogP contribution in [0, 0.1) is 0 Å². The maximum absolute atomic E-state index is 13.2. The van der Waals surface area contributed by atoms with Crippen LogP contribution in [0.25, 0.3) is 0 Å². The number of hydrogen-bond acceptors (Lipinski definition) is 11. The lowest BCUT2D eigenvalue weighted by Crippen LogP contribution is -2.55. The highest BCUT2D eigenvalue weighted by Gasteiger charge is 2.29. The first-order valence-corrected chi connectivity index (χ1v) is 16.8. The van der Waals surface area contributed by atoms with E-state index in [0.717, 1.165) is 5.56 Å². The van der Waals surface area contributed by atoms with E-state index in [1.54, 1.807) is 48.5 Å². The van der Waals surface area contributed by atoms with E-state index in [2.05, 4.69) is 46.8 Å². The van der Waals surface area contributed by atoms with Crippen LogP contribution in [0.1, 0.15) is 44.1 Å². The van der Waals surface area contributed by atoms with Crippen molar-refractivity contribution in [1.29, 1.82) is 0 Å². The molecule has 13 N–H and O–H groups in total. The number of azo groups is 1. The van der Waals surface area contributed by atoms with Gasteiger partial charge in [-0.2, -0.15) is 0 Å².